The number of hydrogen-bond acceptors (Lipinski definition) is 4. The number of nitrogens with zero attached hydrogens (tertiary/aromatic N) is 1. The van der Waals surface area contributed by atoms with Gasteiger partial charge in [0.25, 0.3) is 5.91 Å². The molecule has 1 aromatic heterocycles. The molecule has 0 atom stereocenters. The Bertz CT molecular complexity index is 756. The van der Waals surface area contributed by atoms with Gasteiger partial charge >= 0.3 is 0 Å². The first kappa shape index (κ1) is 16.2. The SMILES string of the molecule is COc1cccc(C(=O)NCc2cccnc2C2=CCNCC2)c1. The fourth-order valence-electron chi connectivity index (χ4n) is 2.75. The van der Waals surface area contributed by atoms with Crippen molar-refractivity contribution in [1.82, 2.24) is 15.6 Å². The van der Waals surface area contributed by atoms with Crippen LogP contribution in [0.3, 0.4) is 0 Å². The van der Waals surface area contributed by atoms with Gasteiger partial charge in [0, 0.05) is 24.8 Å². The monoisotopic (exact) mass is 323 g/mol. The van der Waals surface area contributed by atoms with Crippen molar-refractivity contribution in [2.75, 3.05) is 20.2 Å². The summed E-state index contributed by atoms with van der Waals surface area (Å²) in [5.74, 6) is 0.549. The van der Waals surface area contributed by atoms with E-state index >= 15 is 0 Å². The Morgan fingerprint density at radius 1 is 1.33 bits per heavy atom. The van der Waals surface area contributed by atoms with E-state index in [2.05, 4.69) is 21.7 Å². The zero-order valence-electron chi connectivity index (χ0n) is 13.7. The summed E-state index contributed by atoms with van der Waals surface area (Å²) in [6.45, 7) is 2.27. The zero-order valence-corrected chi connectivity index (χ0v) is 13.7. The van der Waals surface area contributed by atoms with Crippen molar-refractivity contribution in [1.29, 1.82) is 0 Å². The van der Waals surface area contributed by atoms with E-state index in [9.17, 15) is 4.79 Å². The fraction of sp³-hybridized carbons (Fsp3) is 0.263. The highest BCUT2D eigenvalue weighted by Gasteiger charge is 2.13. The fourth-order valence-corrected chi connectivity index (χ4v) is 2.75. The predicted molar refractivity (Wildman–Crippen MR) is 93.9 cm³/mol. The Balaban J connectivity index is 1.72. The van der Waals surface area contributed by atoms with Crippen LogP contribution in [0.25, 0.3) is 5.57 Å². The lowest BCUT2D eigenvalue weighted by atomic mass is 10.0. The molecular weight excluding hydrogens is 302 g/mol. The second-order valence-electron chi connectivity index (χ2n) is 5.61. The molecule has 124 valence electrons. The van der Waals surface area contributed by atoms with Crippen molar-refractivity contribution >= 4 is 11.5 Å². The summed E-state index contributed by atoms with van der Waals surface area (Å²) < 4.78 is 5.16. The molecule has 1 aromatic carbocycles. The molecule has 0 saturated carbocycles. The van der Waals surface area contributed by atoms with E-state index < -0.39 is 0 Å². The van der Waals surface area contributed by atoms with Crippen LogP contribution in [-0.4, -0.2) is 31.1 Å². The number of carbonyl (C=O) groups is 1. The number of ether oxygens (including phenoxy) is 1. The summed E-state index contributed by atoms with van der Waals surface area (Å²) in [6, 6.07) is 11.0. The van der Waals surface area contributed by atoms with Crippen molar-refractivity contribution in [3.63, 3.8) is 0 Å². The third-order valence-corrected chi connectivity index (χ3v) is 4.03. The highest BCUT2D eigenvalue weighted by atomic mass is 16.5. The maximum Gasteiger partial charge on any atom is 0.251 e. The van der Waals surface area contributed by atoms with Crippen molar-refractivity contribution in [3.05, 3.63) is 65.5 Å². The molecule has 0 radical (unpaired) electrons. The lowest BCUT2D eigenvalue weighted by molar-refractivity contribution is 0.0950. The maximum absolute atomic E-state index is 12.4. The van der Waals surface area contributed by atoms with Gasteiger partial charge in [0.05, 0.1) is 12.8 Å². The zero-order chi connectivity index (χ0) is 16.8. The lowest BCUT2D eigenvalue weighted by Crippen LogP contribution is -2.24. The number of methoxy groups -OCH3 is 1. The van der Waals surface area contributed by atoms with Gasteiger partial charge in [-0.1, -0.05) is 18.2 Å². The van der Waals surface area contributed by atoms with Crippen LogP contribution in [0.15, 0.2) is 48.7 Å². The molecule has 1 aliphatic heterocycles. The number of benzene rings is 1. The largest absolute Gasteiger partial charge is 0.497 e. The number of carbonyl (C=O) groups excluding carboxylic acids is 1. The van der Waals surface area contributed by atoms with E-state index in [1.807, 2.05) is 24.3 Å². The smallest absolute Gasteiger partial charge is 0.251 e. The van der Waals surface area contributed by atoms with Crippen LogP contribution in [0.2, 0.25) is 0 Å². The minimum atomic E-state index is -0.122. The first-order valence-electron chi connectivity index (χ1n) is 8.04. The topological polar surface area (TPSA) is 63.2 Å². The van der Waals surface area contributed by atoms with E-state index in [0.717, 1.165) is 30.8 Å². The molecule has 1 amide bonds. The molecule has 1 aliphatic rings. The third kappa shape index (κ3) is 3.81. The van der Waals surface area contributed by atoms with Gasteiger partial charge in [-0.15, -0.1) is 0 Å². The molecule has 0 aliphatic carbocycles. The Kier molecular flexibility index (Phi) is 5.23. The van der Waals surface area contributed by atoms with Crippen molar-refractivity contribution in [3.8, 4) is 5.75 Å². The molecule has 0 bridgehead atoms. The van der Waals surface area contributed by atoms with Crippen LogP contribution in [0, 0.1) is 0 Å². The number of aromatic nitrogens is 1. The van der Waals surface area contributed by atoms with Crippen molar-refractivity contribution in [2.45, 2.75) is 13.0 Å². The summed E-state index contributed by atoms with van der Waals surface area (Å²) in [6.07, 6.45) is 4.92. The van der Waals surface area contributed by atoms with Gasteiger partial charge < -0.3 is 15.4 Å². The Labute approximate surface area is 141 Å². The lowest BCUT2D eigenvalue weighted by Gasteiger charge is -2.16. The van der Waals surface area contributed by atoms with Crippen molar-refractivity contribution < 1.29 is 9.53 Å². The highest BCUT2D eigenvalue weighted by molar-refractivity contribution is 5.94. The molecule has 0 spiro atoms. The molecule has 24 heavy (non-hydrogen) atoms. The van der Waals surface area contributed by atoms with Crippen LogP contribution < -0.4 is 15.4 Å². The standard InChI is InChI=1S/C19H21N3O2/c1-24-17-6-2-4-15(12-17)19(23)22-13-16-5-3-9-21-18(16)14-7-10-20-11-8-14/h2-7,9,12,20H,8,10-11,13H2,1H3,(H,22,23). The molecule has 0 unspecified atom stereocenters. The summed E-state index contributed by atoms with van der Waals surface area (Å²) in [7, 11) is 1.59. The van der Waals surface area contributed by atoms with Crippen LogP contribution in [-0.2, 0) is 6.54 Å². The van der Waals surface area contributed by atoms with Crippen LogP contribution in [0.5, 0.6) is 5.75 Å². The summed E-state index contributed by atoms with van der Waals surface area (Å²) in [5, 5.41) is 6.27. The van der Waals surface area contributed by atoms with Gasteiger partial charge in [0.1, 0.15) is 5.75 Å². The quantitative estimate of drug-likeness (QED) is 0.887. The number of rotatable bonds is 5. The average molecular weight is 323 g/mol. The summed E-state index contributed by atoms with van der Waals surface area (Å²) >= 11 is 0. The Morgan fingerprint density at radius 3 is 3.04 bits per heavy atom. The van der Waals surface area contributed by atoms with E-state index in [1.54, 1.807) is 25.4 Å². The van der Waals surface area contributed by atoms with E-state index in [4.69, 9.17) is 4.74 Å². The second kappa shape index (κ2) is 7.75. The minimum Gasteiger partial charge on any atom is -0.497 e. The first-order valence-corrected chi connectivity index (χ1v) is 8.04. The highest BCUT2D eigenvalue weighted by Crippen LogP contribution is 2.21. The minimum absolute atomic E-state index is 0.122. The van der Waals surface area contributed by atoms with Gasteiger partial charge in [-0.25, -0.2) is 0 Å². The number of amides is 1. The van der Waals surface area contributed by atoms with Gasteiger partial charge in [-0.2, -0.15) is 0 Å². The van der Waals surface area contributed by atoms with E-state index in [-0.39, 0.29) is 5.91 Å². The number of nitrogens with one attached hydrogen (secondary N) is 2. The maximum atomic E-state index is 12.4. The van der Waals surface area contributed by atoms with Crippen LogP contribution in [0.1, 0.15) is 28.0 Å². The summed E-state index contributed by atoms with van der Waals surface area (Å²) in [4.78, 5) is 16.9. The molecule has 2 N–H and O–H groups in total. The van der Waals surface area contributed by atoms with Gasteiger partial charge in [0.15, 0.2) is 0 Å². The normalized spacial score (nSPS) is 14.0. The van der Waals surface area contributed by atoms with Gasteiger partial charge in [0.2, 0.25) is 0 Å². The van der Waals surface area contributed by atoms with Gasteiger partial charge in [-0.3, -0.25) is 9.78 Å². The predicted octanol–water partition coefficient (Wildman–Crippen LogP) is 2.40. The van der Waals surface area contributed by atoms with Crippen LogP contribution in [0.4, 0.5) is 0 Å². The molecular formula is C19H21N3O2. The molecule has 5 nitrogen and oxygen atoms in total. The number of hydrogen-bond donors (Lipinski definition) is 2. The molecule has 0 saturated heterocycles. The Morgan fingerprint density at radius 2 is 2.25 bits per heavy atom. The average Bonchev–Trinajstić information content (AvgIpc) is 2.67. The third-order valence-electron chi connectivity index (χ3n) is 4.03. The molecule has 2 heterocycles. The van der Waals surface area contributed by atoms with Gasteiger partial charge in [-0.05, 0) is 48.4 Å². The second-order valence-corrected chi connectivity index (χ2v) is 5.61. The van der Waals surface area contributed by atoms with E-state index in [1.165, 1.54) is 5.57 Å². The number of pyridine rings is 1. The van der Waals surface area contributed by atoms with E-state index in [0.29, 0.717) is 17.9 Å². The molecule has 2 aromatic rings. The molecule has 0 fully saturated rings. The Hall–Kier alpha value is -2.66. The summed E-state index contributed by atoms with van der Waals surface area (Å²) in [5.41, 5.74) is 3.83. The van der Waals surface area contributed by atoms with Crippen molar-refractivity contribution in [2.24, 2.45) is 0 Å². The first-order chi connectivity index (χ1) is 11.8. The van der Waals surface area contributed by atoms with Crippen LogP contribution >= 0.6 is 0 Å². The molecule has 5 heteroatoms. The molecule has 3 rings (SSSR count).